The van der Waals surface area contributed by atoms with Crippen molar-refractivity contribution in [3.63, 3.8) is 0 Å². The number of nitrogens with zero attached hydrogens (tertiary/aromatic N) is 1. The molecule has 1 aliphatic rings. The van der Waals surface area contributed by atoms with E-state index < -0.39 is 28.8 Å². The average molecular weight is 473 g/mol. The summed E-state index contributed by atoms with van der Waals surface area (Å²) in [6.07, 6.45) is 4.57. The molecular formula is C20H25ClN2O7S. The topological polar surface area (TPSA) is 119 Å². The lowest BCUT2D eigenvalue weighted by atomic mass is 9.91. The van der Waals surface area contributed by atoms with E-state index in [0.29, 0.717) is 19.3 Å². The minimum absolute atomic E-state index is 0.0806. The smallest absolute Gasteiger partial charge is 0.325 e. The lowest BCUT2D eigenvalue weighted by molar-refractivity contribution is -0.141. The summed E-state index contributed by atoms with van der Waals surface area (Å²) in [5.74, 6) is -1.10. The van der Waals surface area contributed by atoms with Crippen molar-refractivity contribution in [2.75, 3.05) is 24.1 Å². The van der Waals surface area contributed by atoms with Crippen molar-refractivity contribution in [3.05, 3.63) is 40.4 Å². The Balaban J connectivity index is 2.22. The highest BCUT2D eigenvalue weighted by Gasteiger charge is 2.28. The first-order valence-electron chi connectivity index (χ1n) is 9.80. The van der Waals surface area contributed by atoms with Gasteiger partial charge >= 0.3 is 5.97 Å². The molecular weight excluding hydrogens is 448 g/mol. The van der Waals surface area contributed by atoms with Crippen LogP contribution in [0.2, 0.25) is 5.02 Å². The molecule has 0 saturated carbocycles. The second-order valence-corrected chi connectivity index (χ2v) is 7.99. The summed E-state index contributed by atoms with van der Waals surface area (Å²) in [5, 5.41) is 2.51. The molecule has 0 bridgehead atoms. The summed E-state index contributed by atoms with van der Waals surface area (Å²) in [7, 11) is -3.03. The van der Waals surface area contributed by atoms with Crippen molar-refractivity contribution in [1.82, 2.24) is 5.32 Å². The number of hydrogen-bond donors (Lipinski definition) is 2. The first kappa shape index (κ1) is 24.7. The van der Waals surface area contributed by atoms with Crippen molar-refractivity contribution in [1.29, 1.82) is 0 Å². The summed E-state index contributed by atoms with van der Waals surface area (Å²) in [6, 6.07) is 3.80. The van der Waals surface area contributed by atoms with Crippen LogP contribution in [0.4, 0.5) is 5.69 Å². The molecule has 1 N–H and O–H groups in total. The number of esters is 1. The summed E-state index contributed by atoms with van der Waals surface area (Å²) >= 11 is 6.35. The number of thiol groups is 1. The van der Waals surface area contributed by atoms with E-state index in [-0.39, 0.29) is 36.0 Å². The van der Waals surface area contributed by atoms with Gasteiger partial charge < -0.3 is 14.8 Å². The maximum Gasteiger partial charge on any atom is 0.325 e. The van der Waals surface area contributed by atoms with Gasteiger partial charge in [0, 0.05) is 12.0 Å². The highest BCUT2D eigenvalue weighted by Crippen LogP contribution is 2.34. The highest BCUT2D eigenvalue weighted by molar-refractivity contribution is 7.74. The van der Waals surface area contributed by atoms with Gasteiger partial charge in [-0.25, -0.2) is 8.42 Å². The van der Waals surface area contributed by atoms with Crippen LogP contribution in [-0.2, 0) is 30.0 Å². The van der Waals surface area contributed by atoms with Crippen molar-refractivity contribution in [2.24, 2.45) is 0 Å². The Morgan fingerprint density at radius 1 is 1.35 bits per heavy atom. The largest absolute Gasteiger partial charge is 0.468 e. The number of anilines is 1. The molecule has 0 heterocycles. The Kier molecular flexibility index (Phi) is 9.80. The minimum atomic E-state index is -3.03. The van der Waals surface area contributed by atoms with Gasteiger partial charge in [0.1, 0.15) is 6.54 Å². The Morgan fingerprint density at radius 2 is 2.13 bits per heavy atom. The van der Waals surface area contributed by atoms with Gasteiger partial charge in [-0.15, -0.1) is 0 Å². The van der Waals surface area contributed by atoms with E-state index in [2.05, 4.69) is 5.32 Å². The lowest BCUT2D eigenvalue weighted by Crippen LogP contribution is -2.37. The van der Waals surface area contributed by atoms with Crippen molar-refractivity contribution in [3.8, 4) is 0 Å². The predicted molar refractivity (Wildman–Crippen MR) is 116 cm³/mol. The minimum Gasteiger partial charge on any atom is -0.468 e. The number of allylic oxidation sites excluding steroid dienone is 1. The van der Waals surface area contributed by atoms with Gasteiger partial charge in [0.15, 0.2) is 0 Å². The third-order valence-corrected chi connectivity index (χ3v) is 5.87. The van der Waals surface area contributed by atoms with Crippen LogP contribution >= 0.6 is 11.6 Å². The van der Waals surface area contributed by atoms with E-state index in [1.165, 1.54) is 22.5 Å². The Hall–Kier alpha value is -2.59. The average Bonchev–Trinajstić information content (AvgIpc) is 2.74. The fourth-order valence-corrected chi connectivity index (χ4v) is 4.54. The Bertz CT molecular complexity index is 909. The number of benzene rings is 1. The van der Waals surface area contributed by atoms with Crippen molar-refractivity contribution in [2.45, 2.75) is 38.6 Å². The maximum atomic E-state index is 12.3. The number of nitrogens with one attached hydrogen (secondary N) is 1. The Labute approximate surface area is 187 Å². The third-order valence-electron chi connectivity index (χ3n) is 4.72. The summed E-state index contributed by atoms with van der Waals surface area (Å²) in [4.78, 5) is 34.1. The number of carbonyl (C=O) groups excluding carboxylic acids is 3. The molecule has 0 saturated heterocycles. The molecule has 1 aliphatic carbocycles. The number of rotatable bonds is 11. The van der Waals surface area contributed by atoms with Crippen LogP contribution in [0, 0.1) is 0 Å². The number of halogens is 1. The number of ether oxygens (including phenoxy) is 2. The standard InChI is InChI=1S/C20H25ClN2O7S/c1-2-30-19(25)12-22-20(26)15-7-8-18(16(21)11-15)23(31(27)28)17-6-4-3-5-14(17)9-10-29-13-24/h5,7-8,11,13,17,31H,2-4,6,9-10,12H2,1H3,(H,22,26). The molecule has 2 rings (SSSR count). The van der Waals surface area contributed by atoms with Crippen LogP contribution in [0.25, 0.3) is 0 Å². The molecule has 1 aromatic rings. The van der Waals surface area contributed by atoms with Gasteiger partial charge in [-0.2, -0.15) is 0 Å². The number of amides is 1. The third kappa shape index (κ3) is 6.96. The van der Waals surface area contributed by atoms with Crippen LogP contribution < -0.4 is 9.62 Å². The van der Waals surface area contributed by atoms with E-state index in [1.807, 2.05) is 6.08 Å². The second kappa shape index (κ2) is 12.3. The van der Waals surface area contributed by atoms with Crippen LogP contribution in [0.5, 0.6) is 0 Å². The van der Waals surface area contributed by atoms with Crippen LogP contribution in [0.3, 0.4) is 0 Å². The normalized spacial score (nSPS) is 15.7. The molecule has 1 unspecified atom stereocenters. The molecule has 11 heteroatoms. The number of carbonyl (C=O) groups is 3. The molecule has 170 valence electrons. The van der Waals surface area contributed by atoms with Crippen molar-refractivity contribution >= 4 is 46.5 Å². The predicted octanol–water partition coefficient (Wildman–Crippen LogP) is 2.01. The summed E-state index contributed by atoms with van der Waals surface area (Å²) < 4.78 is 35.0. The van der Waals surface area contributed by atoms with Gasteiger partial charge in [-0.1, -0.05) is 17.7 Å². The molecule has 1 atom stereocenters. The van der Waals surface area contributed by atoms with E-state index in [4.69, 9.17) is 21.1 Å². The van der Waals surface area contributed by atoms with E-state index >= 15 is 0 Å². The number of hydrogen-bond acceptors (Lipinski definition) is 7. The summed E-state index contributed by atoms with van der Waals surface area (Å²) in [6.45, 7) is 2.09. The Morgan fingerprint density at radius 3 is 2.77 bits per heavy atom. The molecule has 0 aromatic heterocycles. The molecule has 0 fully saturated rings. The lowest BCUT2D eigenvalue weighted by Gasteiger charge is -2.33. The molecule has 0 spiro atoms. The molecule has 31 heavy (non-hydrogen) atoms. The SMILES string of the molecule is CCOC(=O)CNC(=O)c1ccc(N(C2CCCC=C2CCOC=O)[SH](=O)=O)c(Cl)c1. The monoisotopic (exact) mass is 472 g/mol. The quantitative estimate of drug-likeness (QED) is 0.166. The van der Waals surface area contributed by atoms with Gasteiger partial charge in [0.25, 0.3) is 12.4 Å². The van der Waals surface area contributed by atoms with E-state index in [9.17, 15) is 22.8 Å². The first-order valence-corrected chi connectivity index (χ1v) is 11.3. The molecule has 0 radical (unpaired) electrons. The highest BCUT2D eigenvalue weighted by atomic mass is 35.5. The van der Waals surface area contributed by atoms with E-state index in [1.54, 1.807) is 6.92 Å². The van der Waals surface area contributed by atoms with Crippen LogP contribution in [-0.4, -0.2) is 52.6 Å². The maximum absolute atomic E-state index is 12.3. The molecule has 9 nitrogen and oxygen atoms in total. The zero-order chi connectivity index (χ0) is 22.8. The molecule has 1 aromatic carbocycles. The van der Waals surface area contributed by atoms with Gasteiger partial charge in [0.2, 0.25) is 10.9 Å². The van der Waals surface area contributed by atoms with Gasteiger partial charge in [-0.05, 0) is 50.0 Å². The second-order valence-electron chi connectivity index (χ2n) is 6.68. The zero-order valence-corrected chi connectivity index (χ0v) is 18.7. The van der Waals surface area contributed by atoms with Crippen LogP contribution in [0.15, 0.2) is 29.8 Å². The molecule has 1 amide bonds. The molecule has 0 aliphatic heterocycles. The van der Waals surface area contributed by atoms with E-state index in [0.717, 1.165) is 18.4 Å². The van der Waals surface area contributed by atoms with Gasteiger partial charge in [0.05, 0.1) is 30.0 Å². The zero-order valence-electron chi connectivity index (χ0n) is 17.0. The fourth-order valence-electron chi connectivity index (χ4n) is 3.36. The van der Waals surface area contributed by atoms with Crippen LogP contribution in [0.1, 0.15) is 43.0 Å². The van der Waals surface area contributed by atoms with Crippen molar-refractivity contribution < 1.29 is 32.3 Å². The first-order chi connectivity index (χ1) is 14.9. The van der Waals surface area contributed by atoms with Gasteiger partial charge in [-0.3, -0.25) is 18.7 Å². The fraction of sp³-hybridized carbons (Fsp3) is 0.450. The summed E-state index contributed by atoms with van der Waals surface area (Å²) in [5.41, 5.74) is 1.27.